The first-order valence-corrected chi connectivity index (χ1v) is 8.11. The number of hydrogen-bond donors (Lipinski definition) is 1. The van der Waals surface area contributed by atoms with Crippen LogP contribution < -0.4 is 5.32 Å². The molecule has 4 nitrogen and oxygen atoms in total. The molecule has 114 valence electrons. The average molecular weight is 286 g/mol. The second-order valence-corrected chi connectivity index (χ2v) is 6.15. The lowest BCUT2D eigenvalue weighted by Gasteiger charge is -2.32. The van der Waals surface area contributed by atoms with Gasteiger partial charge in [0.2, 0.25) is 0 Å². The molecule has 1 aliphatic rings. The highest BCUT2D eigenvalue weighted by Gasteiger charge is 2.16. The molecule has 2 heterocycles. The van der Waals surface area contributed by atoms with Gasteiger partial charge in [-0.25, -0.2) is 4.98 Å². The number of aryl methyl sites for hydroxylation is 1. The third-order valence-corrected chi connectivity index (χ3v) is 4.62. The number of imidazole rings is 1. The molecule has 1 aromatic heterocycles. The van der Waals surface area contributed by atoms with Crippen LogP contribution in [0.3, 0.4) is 0 Å². The Labute approximate surface area is 127 Å². The van der Waals surface area contributed by atoms with Crippen LogP contribution in [-0.4, -0.2) is 40.1 Å². The molecule has 3 rings (SSSR count). The second kappa shape index (κ2) is 6.58. The topological polar surface area (TPSA) is 33.1 Å². The molecule has 1 aromatic carbocycles. The smallest absolute Gasteiger partial charge is 0.123 e. The first kappa shape index (κ1) is 14.5. The maximum Gasteiger partial charge on any atom is 0.123 e. The Balaban J connectivity index is 1.55. The van der Waals surface area contributed by atoms with Crippen molar-refractivity contribution in [3.63, 3.8) is 0 Å². The first-order valence-electron chi connectivity index (χ1n) is 8.11. The standard InChI is InChI=1S/C17H26N4/c1-14(21-10-6-3-7-11-21)12-18-13-17-19-15-8-4-5-9-16(15)20(17)2/h4-5,8-9,14,18H,3,6-7,10-13H2,1-2H3. The van der Waals surface area contributed by atoms with Crippen molar-refractivity contribution in [1.29, 1.82) is 0 Å². The highest BCUT2D eigenvalue weighted by molar-refractivity contribution is 5.75. The van der Waals surface area contributed by atoms with Crippen molar-refractivity contribution >= 4 is 11.0 Å². The van der Waals surface area contributed by atoms with Crippen LogP contribution in [0.2, 0.25) is 0 Å². The fraction of sp³-hybridized carbons (Fsp3) is 0.588. The highest BCUT2D eigenvalue weighted by Crippen LogP contribution is 2.14. The number of hydrogen-bond acceptors (Lipinski definition) is 3. The summed E-state index contributed by atoms with van der Waals surface area (Å²) in [5.41, 5.74) is 2.29. The van der Waals surface area contributed by atoms with Gasteiger partial charge in [0, 0.05) is 19.6 Å². The van der Waals surface area contributed by atoms with Gasteiger partial charge in [-0.1, -0.05) is 18.6 Å². The lowest BCUT2D eigenvalue weighted by Crippen LogP contribution is -2.43. The van der Waals surface area contributed by atoms with Crippen LogP contribution in [0.1, 0.15) is 32.0 Å². The predicted molar refractivity (Wildman–Crippen MR) is 87.3 cm³/mol. The molecule has 1 saturated heterocycles. The van der Waals surface area contributed by atoms with E-state index in [1.165, 1.54) is 37.9 Å². The fourth-order valence-electron chi connectivity index (χ4n) is 3.23. The molecule has 0 bridgehead atoms. The van der Waals surface area contributed by atoms with Gasteiger partial charge >= 0.3 is 0 Å². The SMILES string of the molecule is CC(CNCc1nc2ccccc2n1C)N1CCCCC1. The third kappa shape index (κ3) is 3.27. The minimum atomic E-state index is 0.611. The first-order chi connectivity index (χ1) is 10.3. The van der Waals surface area contributed by atoms with E-state index in [4.69, 9.17) is 4.98 Å². The molecule has 0 radical (unpaired) electrons. The second-order valence-electron chi connectivity index (χ2n) is 6.15. The molecule has 0 spiro atoms. The molecule has 0 amide bonds. The number of nitrogens with one attached hydrogen (secondary N) is 1. The zero-order valence-electron chi connectivity index (χ0n) is 13.2. The van der Waals surface area contributed by atoms with Gasteiger partial charge in [-0.05, 0) is 45.0 Å². The van der Waals surface area contributed by atoms with Crippen molar-refractivity contribution in [2.24, 2.45) is 7.05 Å². The van der Waals surface area contributed by atoms with Crippen LogP contribution in [0.4, 0.5) is 0 Å². The summed E-state index contributed by atoms with van der Waals surface area (Å²) in [5, 5.41) is 3.58. The van der Waals surface area contributed by atoms with E-state index in [-0.39, 0.29) is 0 Å². The van der Waals surface area contributed by atoms with Gasteiger partial charge in [-0.15, -0.1) is 0 Å². The number of benzene rings is 1. The number of aromatic nitrogens is 2. The molecule has 1 fully saturated rings. The van der Waals surface area contributed by atoms with Gasteiger partial charge in [-0.2, -0.15) is 0 Å². The summed E-state index contributed by atoms with van der Waals surface area (Å²) in [4.78, 5) is 7.31. The summed E-state index contributed by atoms with van der Waals surface area (Å²) in [5.74, 6) is 1.11. The summed E-state index contributed by atoms with van der Waals surface area (Å²) in [6, 6.07) is 8.93. The summed E-state index contributed by atoms with van der Waals surface area (Å²) in [7, 11) is 2.10. The minimum absolute atomic E-state index is 0.611. The van der Waals surface area contributed by atoms with E-state index in [1.807, 2.05) is 6.07 Å². The monoisotopic (exact) mass is 286 g/mol. The number of piperidine rings is 1. The van der Waals surface area contributed by atoms with Crippen LogP contribution in [0.25, 0.3) is 11.0 Å². The fourth-order valence-corrected chi connectivity index (χ4v) is 3.23. The maximum absolute atomic E-state index is 4.71. The van der Waals surface area contributed by atoms with Gasteiger partial charge in [-0.3, -0.25) is 4.90 Å². The molecule has 1 N–H and O–H groups in total. The van der Waals surface area contributed by atoms with Crippen LogP contribution in [0.5, 0.6) is 0 Å². The van der Waals surface area contributed by atoms with E-state index in [0.29, 0.717) is 6.04 Å². The Morgan fingerprint density at radius 1 is 1.19 bits per heavy atom. The van der Waals surface area contributed by atoms with Gasteiger partial charge < -0.3 is 9.88 Å². The van der Waals surface area contributed by atoms with Crippen LogP contribution in [0, 0.1) is 0 Å². The molecule has 1 atom stereocenters. The largest absolute Gasteiger partial charge is 0.330 e. The Morgan fingerprint density at radius 2 is 1.95 bits per heavy atom. The molecule has 1 aliphatic heterocycles. The molecule has 0 aliphatic carbocycles. The Hall–Kier alpha value is -1.39. The molecule has 1 unspecified atom stereocenters. The molecule has 21 heavy (non-hydrogen) atoms. The van der Waals surface area contributed by atoms with Gasteiger partial charge in [0.05, 0.1) is 17.6 Å². The van der Waals surface area contributed by atoms with Crippen molar-refractivity contribution in [1.82, 2.24) is 19.8 Å². The zero-order chi connectivity index (χ0) is 14.7. The van der Waals surface area contributed by atoms with Crippen LogP contribution >= 0.6 is 0 Å². The Bertz CT molecular complexity index is 583. The number of fused-ring (bicyclic) bond motifs is 1. The van der Waals surface area contributed by atoms with Crippen molar-refractivity contribution in [2.75, 3.05) is 19.6 Å². The number of para-hydroxylation sites is 2. The normalized spacial score (nSPS) is 18.2. The summed E-state index contributed by atoms with van der Waals surface area (Å²) >= 11 is 0. The van der Waals surface area contributed by atoms with Crippen LogP contribution in [-0.2, 0) is 13.6 Å². The Morgan fingerprint density at radius 3 is 2.71 bits per heavy atom. The van der Waals surface area contributed by atoms with Crippen LogP contribution in [0.15, 0.2) is 24.3 Å². The number of nitrogens with zero attached hydrogens (tertiary/aromatic N) is 3. The van der Waals surface area contributed by atoms with E-state index in [1.54, 1.807) is 0 Å². The van der Waals surface area contributed by atoms with E-state index >= 15 is 0 Å². The number of rotatable bonds is 5. The van der Waals surface area contributed by atoms with Crippen molar-refractivity contribution in [2.45, 2.75) is 38.8 Å². The third-order valence-electron chi connectivity index (χ3n) is 4.62. The number of likely N-dealkylation sites (tertiary alicyclic amines) is 1. The lowest BCUT2D eigenvalue weighted by atomic mass is 10.1. The van der Waals surface area contributed by atoms with Gasteiger partial charge in [0.1, 0.15) is 5.82 Å². The zero-order valence-corrected chi connectivity index (χ0v) is 13.2. The molecular formula is C17H26N4. The van der Waals surface area contributed by atoms with Crippen molar-refractivity contribution in [3.05, 3.63) is 30.1 Å². The van der Waals surface area contributed by atoms with E-state index in [0.717, 1.165) is 24.4 Å². The van der Waals surface area contributed by atoms with Crippen molar-refractivity contribution < 1.29 is 0 Å². The van der Waals surface area contributed by atoms with Gasteiger partial charge in [0.15, 0.2) is 0 Å². The molecule has 2 aromatic rings. The van der Waals surface area contributed by atoms with E-state index < -0.39 is 0 Å². The quantitative estimate of drug-likeness (QED) is 0.917. The highest BCUT2D eigenvalue weighted by atomic mass is 15.2. The summed E-state index contributed by atoms with van der Waals surface area (Å²) in [6.07, 6.45) is 4.11. The average Bonchev–Trinajstić information content (AvgIpc) is 2.85. The van der Waals surface area contributed by atoms with E-state index in [2.05, 4.69) is 47.0 Å². The minimum Gasteiger partial charge on any atom is -0.330 e. The molecular weight excluding hydrogens is 260 g/mol. The summed E-state index contributed by atoms with van der Waals surface area (Å²) < 4.78 is 2.19. The van der Waals surface area contributed by atoms with E-state index in [9.17, 15) is 0 Å². The summed E-state index contributed by atoms with van der Waals surface area (Å²) in [6.45, 7) is 6.71. The predicted octanol–water partition coefficient (Wildman–Crippen LogP) is 2.54. The van der Waals surface area contributed by atoms with Crippen molar-refractivity contribution in [3.8, 4) is 0 Å². The molecule has 4 heteroatoms. The molecule has 0 saturated carbocycles. The Kier molecular flexibility index (Phi) is 4.56. The lowest BCUT2D eigenvalue weighted by molar-refractivity contribution is 0.170. The maximum atomic E-state index is 4.71. The van der Waals surface area contributed by atoms with Gasteiger partial charge in [0.25, 0.3) is 0 Å².